The molecule has 0 atom stereocenters. The molecule has 0 bridgehead atoms. The van der Waals surface area contributed by atoms with Crippen molar-refractivity contribution in [3.05, 3.63) is 43.6 Å². The third kappa shape index (κ3) is 2.78. The summed E-state index contributed by atoms with van der Waals surface area (Å²) in [6, 6.07) is 2.31. The number of thiophene rings is 1. The van der Waals surface area contributed by atoms with Gasteiger partial charge in [-0.15, -0.1) is 11.3 Å². The van der Waals surface area contributed by atoms with Crippen LogP contribution in [0.5, 0.6) is 0 Å². The lowest BCUT2D eigenvalue weighted by molar-refractivity contribution is 0.245. The Kier molecular flexibility index (Phi) is 3.52. The normalized spacial score (nSPS) is 15.5. The highest BCUT2D eigenvalue weighted by atomic mass is 32.1. The van der Waals surface area contributed by atoms with E-state index in [1.165, 1.54) is 26.6 Å². The minimum atomic E-state index is 0.594. The third-order valence-electron chi connectivity index (χ3n) is 3.65. The van der Waals surface area contributed by atoms with Gasteiger partial charge < -0.3 is 4.98 Å². The summed E-state index contributed by atoms with van der Waals surface area (Å²) in [5.41, 5.74) is 3.95. The summed E-state index contributed by atoms with van der Waals surface area (Å²) in [6.07, 6.45) is 2.95. The monoisotopic (exact) mass is 291 g/mol. The summed E-state index contributed by atoms with van der Waals surface area (Å²) in [5.74, 6) is 0. The van der Waals surface area contributed by atoms with E-state index in [0.717, 1.165) is 26.1 Å². The van der Waals surface area contributed by atoms with Gasteiger partial charge >= 0.3 is 0 Å². The van der Waals surface area contributed by atoms with Crippen LogP contribution in [0.15, 0.2) is 12.3 Å². The number of nitrogens with zero attached hydrogens (tertiary/aromatic N) is 2. The predicted molar refractivity (Wildman–Crippen MR) is 81.0 cm³/mol. The van der Waals surface area contributed by atoms with E-state index >= 15 is 0 Å². The minimum absolute atomic E-state index is 0.594. The molecule has 5 heteroatoms. The zero-order valence-corrected chi connectivity index (χ0v) is 12.8. The van der Waals surface area contributed by atoms with Gasteiger partial charge in [-0.2, -0.15) is 0 Å². The van der Waals surface area contributed by atoms with Gasteiger partial charge in [-0.05, 0) is 37.7 Å². The molecule has 3 rings (SSSR count). The molecular weight excluding hydrogens is 274 g/mol. The standard InChI is InChI=1S/C14H17N3S2/c1-9-5-12(19-10(9)2)8-17-4-3-13-11(7-17)6-15-14(18)16-13/h5-6H,3-4,7-8H2,1-2H3,(H,15,16,18). The quantitative estimate of drug-likeness (QED) is 0.861. The number of hydrogen-bond donors (Lipinski definition) is 1. The number of rotatable bonds is 2. The molecule has 1 aliphatic rings. The van der Waals surface area contributed by atoms with Gasteiger partial charge in [-0.3, -0.25) is 4.90 Å². The number of nitrogens with one attached hydrogen (secondary N) is 1. The van der Waals surface area contributed by atoms with E-state index in [1.807, 2.05) is 17.5 Å². The molecule has 0 unspecified atom stereocenters. The van der Waals surface area contributed by atoms with Crippen molar-refractivity contribution >= 4 is 23.6 Å². The highest BCUT2D eigenvalue weighted by Gasteiger charge is 2.17. The van der Waals surface area contributed by atoms with Gasteiger partial charge in [0.05, 0.1) is 0 Å². The number of aromatic nitrogens is 2. The maximum Gasteiger partial charge on any atom is 0.196 e. The van der Waals surface area contributed by atoms with Gasteiger partial charge in [-0.1, -0.05) is 0 Å². The molecule has 0 saturated heterocycles. The van der Waals surface area contributed by atoms with Crippen LogP contribution in [0.1, 0.15) is 26.6 Å². The van der Waals surface area contributed by atoms with Crippen molar-refractivity contribution in [3.63, 3.8) is 0 Å². The van der Waals surface area contributed by atoms with E-state index in [1.54, 1.807) is 0 Å². The number of aromatic amines is 1. The van der Waals surface area contributed by atoms with Crippen LogP contribution < -0.4 is 0 Å². The fourth-order valence-electron chi connectivity index (χ4n) is 2.49. The van der Waals surface area contributed by atoms with E-state index in [-0.39, 0.29) is 0 Å². The summed E-state index contributed by atoms with van der Waals surface area (Å²) in [6.45, 7) is 7.46. The highest BCUT2D eigenvalue weighted by Crippen LogP contribution is 2.24. The van der Waals surface area contributed by atoms with Crippen LogP contribution in [-0.2, 0) is 19.5 Å². The van der Waals surface area contributed by atoms with Crippen LogP contribution in [0.25, 0.3) is 0 Å². The van der Waals surface area contributed by atoms with Crippen LogP contribution in [0.2, 0.25) is 0 Å². The molecule has 0 saturated carbocycles. The second-order valence-electron chi connectivity index (χ2n) is 5.10. The molecule has 0 radical (unpaired) electrons. The molecule has 3 nitrogen and oxygen atoms in total. The molecule has 1 aliphatic heterocycles. The Morgan fingerprint density at radius 3 is 3.05 bits per heavy atom. The van der Waals surface area contributed by atoms with Crippen LogP contribution in [0, 0.1) is 18.6 Å². The molecule has 3 heterocycles. The summed E-state index contributed by atoms with van der Waals surface area (Å²) in [4.78, 5) is 12.8. The summed E-state index contributed by atoms with van der Waals surface area (Å²) < 4.78 is 0.594. The van der Waals surface area contributed by atoms with E-state index in [2.05, 4.69) is 34.8 Å². The molecule has 0 spiro atoms. The van der Waals surface area contributed by atoms with Crippen molar-refractivity contribution in [1.29, 1.82) is 0 Å². The Morgan fingerprint density at radius 1 is 1.47 bits per heavy atom. The topological polar surface area (TPSA) is 31.9 Å². The first-order chi connectivity index (χ1) is 9.11. The zero-order valence-electron chi connectivity index (χ0n) is 11.2. The number of fused-ring (bicyclic) bond motifs is 1. The predicted octanol–water partition coefficient (Wildman–Crippen LogP) is 3.38. The molecule has 0 fully saturated rings. The van der Waals surface area contributed by atoms with Gasteiger partial charge in [0.25, 0.3) is 0 Å². The van der Waals surface area contributed by atoms with Gasteiger partial charge in [0.15, 0.2) is 4.77 Å². The molecular formula is C14H17N3S2. The lowest BCUT2D eigenvalue weighted by Gasteiger charge is -2.27. The van der Waals surface area contributed by atoms with Gasteiger partial charge in [0.2, 0.25) is 0 Å². The Morgan fingerprint density at radius 2 is 2.32 bits per heavy atom. The van der Waals surface area contributed by atoms with Crippen LogP contribution in [0.3, 0.4) is 0 Å². The van der Waals surface area contributed by atoms with Gasteiger partial charge in [0.1, 0.15) is 0 Å². The van der Waals surface area contributed by atoms with Crippen molar-refractivity contribution in [3.8, 4) is 0 Å². The van der Waals surface area contributed by atoms with Crippen molar-refractivity contribution in [2.24, 2.45) is 0 Å². The fourth-order valence-corrected chi connectivity index (χ4v) is 3.76. The molecule has 0 aliphatic carbocycles. The molecule has 0 aromatic carbocycles. The first-order valence-electron chi connectivity index (χ1n) is 6.47. The maximum atomic E-state index is 5.07. The van der Waals surface area contributed by atoms with E-state index in [0.29, 0.717) is 4.77 Å². The van der Waals surface area contributed by atoms with E-state index in [4.69, 9.17) is 12.2 Å². The van der Waals surface area contributed by atoms with E-state index in [9.17, 15) is 0 Å². The summed E-state index contributed by atoms with van der Waals surface area (Å²) in [5, 5.41) is 0. The number of hydrogen-bond acceptors (Lipinski definition) is 4. The molecule has 100 valence electrons. The lowest BCUT2D eigenvalue weighted by atomic mass is 10.1. The molecule has 19 heavy (non-hydrogen) atoms. The van der Waals surface area contributed by atoms with Crippen LogP contribution in [0.4, 0.5) is 0 Å². The second kappa shape index (κ2) is 5.15. The smallest absolute Gasteiger partial charge is 0.196 e. The summed E-state index contributed by atoms with van der Waals surface area (Å²) in [7, 11) is 0. The van der Waals surface area contributed by atoms with Crippen LogP contribution >= 0.6 is 23.6 Å². The molecule has 1 N–H and O–H groups in total. The first kappa shape index (κ1) is 13.0. The van der Waals surface area contributed by atoms with E-state index < -0.39 is 0 Å². The van der Waals surface area contributed by atoms with Crippen molar-refractivity contribution in [2.75, 3.05) is 6.54 Å². The molecule has 2 aromatic rings. The average molecular weight is 291 g/mol. The highest BCUT2D eigenvalue weighted by molar-refractivity contribution is 7.71. The number of aryl methyl sites for hydroxylation is 2. The van der Waals surface area contributed by atoms with Crippen molar-refractivity contribution in [1.82, 2.24) is 14.9 Å². The second-order valence-corrected chi connectivity index (χ2v) is 6.83. The Hall–Kier alpha value is -1.04. The minimum Gasteiger partial charge on any atom is -0.334 e. The number of H-pyrrole nitrogens is 1. The SMILES string of the molecule is Cc1cc(CN2CCc3[nH]c(=S)ncc3C2)sc1C. The Balaban J connectivity index is 1.75. The van der Waals surface area contributed by atoms with Crippen molar-refractivity contribution in [2.45, 2.75) is 33.4 Å². The first-order valence-corrected chi connectivity index (χ1v) is 7.69. The van der Waals surface area contributed by atoms with Gasteiger partial charge in [-0.25, -0.2) is 4.98 Å². The molecule has 0 amide bonds. The van der Waals surface area contributed by atoms with Crippen molar-refractivity contribution < 1.29 is 0 Å². The average Bonchev–Trinajstić information content (AvgIpc) is 2.68. The summed E-state index contributed by atoms with van der Waals surface area (Å²) >= 11 is 6.98. The zero-order chi connectivity index (χ0) is 13.4. The maximum absolute atomic E-state index is 5.07. The third-order valence-corrected chi connectivity index (χ3v) is 5.00. The Bertz CT molecular complexity index is 637. The largest absolute Gasteiger partial charge is 0.334 e. The lowest BCUT2D eigenvalue weighted by Crippen LogP contribution is -2.30. The van der Waals surface area contributed by atoms with Crippen LogP contribution in [-0.4, -0.2) is 21.4 Å². The fraction of sp³-hybridized carbons (Fsp3) is 0.429. The Labute approximate surface area is 122 Å². The van der Waals surface area contributed by atoms with Gasteiger partial charge in [0, 0.05) is 53.3 Å². The molecule has 2 aromatic heterocycles.